The lowest BCUT2D eigenvalue weighted by molar-refractivity contribution is -0.144. The number of hydrogen-bond acceptors (Lipinski definition) is 7. The van der Waals surface area contributed by atoms with Crippen molar-refractivity contribution in [1.82, 2.24) is 10.6 Å². The molecule has 0 saturated heterocycles. The summed E-state index contributed by atoms with van der Waals surface area (Å²) in [5.74, 6) is -4.43. The van der Waals surface area contributed by atoms with Crippen molar-refractivity contribution in [3.63, 3.8) is 0 Å². The Bertz CT molecular complexity index is 2380. The molecule has 304 valence electrons. The van der Waals surface area contributed by atoms with E-state index < -0.39 is 47.5 Å². The van der Waals surface area contributed by atoms with Gasteiger partial charge in [0.2, 0.25) is 11.8 Å². The average molecular weight is 819 g/mol. The second kappa shape index (κ2) is 19.9. The van der Waals surface area contributed by atoms with Crippen LogP contribution < -0.4 is 15.4 Å². The van der Waals surface area contributed by atoms with E-state index in [9.17, 15) is 29.1 Å². The highest BCUT2D eigenvalue weighted by molar-refractivity contribution is 7.09. The van der Waals surface area contributed by atoms with Crippen LogP contribution in [0.2, 0.25) is 0 Å². The zero-order chi connectivity index (χ0) is 41.8. The third-order valence-corrected chi connectivity index (χ3v) is 11.7. The molecule has 5 aromatic carbocycles. The molecule has 8 rings (SSSR count). The highest BCUT2D eigenvalue weighted by atomic mass is 32.1. The zero-order valence-corrected chi connectivity index (χ0v) is 33.8. The van der Waals surface area contributed by atoms with Gasteiger partial charge in [0.1, 0.15) is 18.4 Å². The summed E-state index contributed by atoms with van der Waals surface area (Å²) in [5, 5.41) is 18.1. The van der Waals surface area contributed by atoms with Crippen LogP contribution in [0.4, 0.5) is 0 Å². The predicted octanol–water partition coefficient (Wildman–Crippen LogP) is 7.95. The lowest BCUT2D eigenvalue weighted by Gasteiger charge is -2.26. The van der Waals surface area contributed by atoms with Crippen molar-refractivity contribution in [3.05, 3.63) is 173 Å². The molecule has 2 bridgehead atoms. The van der Waals surface area contributed by atoms with E-state index in [1.54, 1.807) is 24.3 Å². The third kappa shape index (κ3) is 11.3. The molecule has 10 heteroatoms. The number of ether oxygens (including phenoxy) is 1. The highest BCUT2D eigenvalue weighted by Gasteiger charge is 2.33. The number of ketones is 2. The number of carbonyl (C=O) groups excluding carboxylic acids is 4. The topological polar surface area (TPSA) is 139 Å². The van der Waals surface area contributed by atoms with E-state index in [-0.39, 0.29) is 50.9 Å². The molecule has 4 atom stereocenters. The summed E-state index contributed by atoms with van der Waals surface area (Å²) >= 11 is 1.48. The Labute approximate surface area is 353 Å². The molecule has 0 saturated carbocycles. The molecule has 0 radical (unpaired) electrons. The first kappa shape index (κ1) is 41.5. The van der Waals surface area contributed by atoms with Crippen molar-refractivity contribution in [1.29, 1.82) is 0 Å². The molecular formula is C50H46N2O7S. The highest BCUT2D eigenvalue weighted by Crippen LogP contribution is 2.25. The van der Waals surface area contributed by atoms with E-state index in [2.05, 4.69) is 10.6 Å². The molecule has 0 fully saturated rings. The first-order valence-corrected chi connectivity index (χ1v) is 21.0. The standard InChI is InChI=1S/C50H46N2O7S/c53-42-29-40(30-44-12-7-25-60-44)48(55)52-46(28-35-15-21-39(22-16-35)37-10-5-2-6-11-37)49(56)51-45(27-34-13-19-38(20-14-34)36-8-3-1-4-9-36)47(54)31-41(50(57)58)26-33-17-23-43(24-18-33)59-32-42/h1-25,40-41,45-46H,26-32H2,(H,51,56)(H,52,55)(H,57,58)/t40-,41+,45-,46+/m0/s1. The summed E-state index contributed by atoms with van der Waals surface area (Å²) in [5.41, 5.74) is 6.22. The van der Waals surface area contributed by atoms with Gasteiger partial charge in [-0.1, -0.05) is 127 Å². The maximum atomic E-state index is 14.6. The van der Waals surface area contributed by atoms with Crippen molar-refractivity contribution < 1.29 is 33.8 Å². The summed E-state index contributed by atoms with van der Waals surface area (Å²) in [6.07, 6.45) is 0.0710. The Hall–Kier alpha value is -6.65. The Balaban J connectivity index is 1.22. The predicted molar refractivity (Wildman–Crippen MR) is 233 cm³/mol. The van der Waals surface area contributed by atoms with Crippen LogP contribution in [-0.2, 0) is 49.7 Å². The van der Waals surface area contributed by atoms with Crippen LogP contribution >= 0.6 is 11.3 Å². The molecular weight excluding hydrogens is 773 g/mol. The van der Waals surface area contributed by atoms with Gasteiger partial charge in [-0.05, 0) is 81.8 Å². The number of nitrogens with one attached hydrogen (secondary N) is 2. The number of Topliss-reactive ketones (excluding diaryl/α,β-unsaturated/α-hetero) is 2. The van der Waals surface area contributed by atoms with Gasteiger partial charge in [0.25, 0.3) is 0 Å². The van der Waals surface area contributed by atoms with E-state index in [1.165, 1.54) is 11.3 Å². The summed E-state index contributed by atoms with van der Waals surface area (Å²) in [6.45, 7) is -0.272. The molecule has 6 aromatic rings. The number of carboxylic acids is 1. The molecule has 2 aliphatic rings. The molecule has 3 N–H and O–H groups in total. The van der Waals surface area contributed by atoms with Gasteiger partial charge >= 0.3 is 5.97 Å². The van der Waals surface area contributed by atoms with Gasteiger partial charge in [0.15, 0.2) is 11.6 Å². The maximum absolute atomic E-state index is 14.6. The minimum atomic E-state index is -1.14. The molecule has 2 aliphatic heterocycles. The Morgan fingerprint density at radius 1 is 0.583 bits per heavy atom. The van der Waals surface area contributed by atoms with Crippen molar-refractivity contribution in [2.45, 2.75) is 50.6 Å². The van der Waals surface area contributed by atoms with Gasteiger partial charge in [-0.15, -0.1) is 11.3 Å². The number of amides is 2. The van der Waals surface area contributed by atoms with E-state index in [0.29, 0.717) is 11.3 Å². The molecule has 60 heavy (non-hydrogen) atoms. The van der Waals surface area contributed by atoms with Crippen molar-refractivity contribution in [2.24, 2.45) is 11.8 Å². The van der Waals surface area contributed by atoms with Crippen LogP contribution in [0, 0.1) is 11.8 Å². The molecule has 0 unspecified atom stereocenters. The Kier molecular flexibility index (Phi) is 13.7. The molecule has 2 amide bonds. The van der Waals surface area contributed by atoms with E-state index >= 15 is 0 Å². The van der Waals surface area contributed by atoms with E-state index in [0.717, 1.165) is 38.3 Å². The van der Waals surface area contributed by atoms with Crippen molar-refractivity contribution >= 4 is 40.7 Å². The molecule has 0 aliphatic carbocycles. The van der Waals surface area contributed by atoms with E-state index in [4.69, 9.17) is 4.74 Å². The number of carbonyl (C=O) groups is 5. The number of fused-ring (bicyclic) bond motifs is 16. The molecule has 9 nitrogen and oxygen atoms in total. The summed E-state index contributed by atoms with van der Waals surface area (Å²) in [7, 11) is 0. The number of carboxylic acid groups (broad SMARTS) is 1. The minimum Gasteiger partial charge on any atom is -0.486 e. The minimum absolute atomic E-state index is 0.0643. The van der Waals surface area contributed by atoms with Crippen molar-refractivity contribution in [2.75, 3.05) is 6.61 Å². The zero-order valence-electron chi connectivity index (χ0n) is 33.0. The van der Waals surface area contributed by atoms with Gasteiger partial charge in [-0.2, -0.15) is 0 Å². The lowest BCUT2D eigenvalue weighted by atomic mass is 9.90. The molecule has 1 aromatic heterocycles. The van der Waals surface area contributed by atoms with Crippen LogP contribution in [0.1, 0.15) is 34.4 Å². The van der Waals surface area contributed by atoms with Gasteiger partial charge in [-0.25, -0.2) is 0 Å². The summed E-state index contributed by atoms with van der Waals surface area (Å²) < 4.78 is 5.80. The van der Waals surface area contributed by atoms with Crippen LogP contribution in [0.5, 0.6) is 5.75 Å². The molecule has 3 heterocycles. The lowest BCUT2D eigenvalue weighted by Crippen LogP contribution is -2.54. The van der Waals surface area contributed by atoms with Gasteiger partial charge in [0.05, 0.1) is 12.0 Å². The smallest absolute Gasteiger partial charge is 0.307 e. The van der Waals surface area contributed by atoms with E-state index in [1.807, 2.05) is 127 Å². The first-order valence-electron chi connectivity index (χ1n) is 20.1. The number of benzene rings is 5. The van der Waals surface area contributed by atoms with Gasteiger partial charge in [-0.3, -0.25) is 24.0 Å². The number of hydrogen-bond donors (Lipinski definition) is 3. The Morgan fingerprint density at radius 2 is 1.13 bits per heavy atom. The van der Waals surface area contributed by atoms with Gasteiger partial charge < -0.3 is 20.5 Å². The third-order valence-electron chi connectivity index (χ3n) is 10.8. The van der Waals surface area contributed by atoms with Crippen LogP contribution in [-0.4, -0.2) is 53.1 Å². The number of thiophene rings is 1. The second-order valence-electron chi connectivity index (χ2n) is 15.2. The summed E-state index contributed by atoms with van der Waals surface area (Å²) in [4.78, 5) is 70.1. The monoisotopic (exact) mass is 818 g/mol. The molecule has 0 spiro atoms. The summed E-state index contributed by atoms with van der Waals surface area (Å²) in [6, 6.07) is 43.4. The van der Waals surface area contributed by atoms with Gasteiger partial charge in [0, 0.05) is 30.1 Å². The first-order chi connectivity index (χ1) is 29.2. The largest absolute Gasteiger partial charge is 0.486 e. The quantitative estimate of drug-likeness (QED) is 0.135. The average Bonchev–Trinajstić information content (AvgIpc) is 3.79. The van der Waals surface area contributed by atoms with Crippen LogP contribution in [0.25, 0.3) is 22.3 Å². The van der Waals surface area contributed by atoms with Crippen LogP contribution in [0.3, 0.4) is 0 Å². The second-order valence-corrected chi connectivity index (χ2v) is 16.3. The van der Waals surface area contributed by atoms with Crippen molar-refractivity contribution in [3.8, 4) is 28.0 Å². The number of aliphatic carboxylic acids is 1. The fourth-order valence-corrected chi connectivity index (χ4v) is 8.27. The Morgan fingerprint density at radius 3 is 1.68 bits per heavy atom. The SMILES string of the molecule is O=C1COc2ccc(cc2)C[C@@H](C(=O)O)CC(=O)[C@H](Cc2ccc(-c3ccccc3)cc2)NC(=O)[C@@H](Cc2ccc(-c3ccccc3)cc2)NC(=O)[C@H](Cc2cccs2)C1. The van der Waals surface area contributed by atoms with Crippen LogP contribution in [0.15, 0.2) is 151 Å². The number of rotatable bonds is 9. The maximum Gasteiger partial charge on any atom is 0.307 e. The normalized spacial score (nSPS) is 19.3. The fraction of sp³-hybridized carbons (Fsp3) is 0.220. The fourth-order valence-electron chi connectivity index (χ4n) is 7.48.